The van der Waals surface area contributed by atoms with E-state index < -0.39 is 8.56 Å². The van der Waals surface area contributed by atoms with Gasteiger partial charge in [0.2, 0.25) is 0 Å². The Labute approximate surface area is 97.8 Å². The summed E-state index contributed by atoms with van der Waals surface area (Å²) in [5, 5.41) is 0. The highest BCUT2D eigenvalue weighted by Crippen LogP contribution is 2.24. The van der Waals surface area contributed by atoms with E-state index in [1.54, 1.807) is 0 Å². The van der Waals surface area contributed by atoms with Crippen LogP contribution in [0, 0.1) is 0 Å². The van der Waals surface area contributed by atoms with Crippen LogP contribution in [0.5, 0.6) is 0 Å². The van der Waals surface area contributed by atoms with Gasteiger partial charge in [-0.1, -0.05) is 13.3 Å². The summed E-state index contributed by atoms with van der Waals surface area (Å²) in [5.41, 5.74) is 0. The molecule has 0 spiro atoms. The lowest BCUT2D eigenvalue weighted by Crippen LogP contribution is -2.46. The van der Waals surface area contributed by atoms with E-state index in [0.29, 0.717) is 0 Å². The second kappa shape index (κ2) is 5.70. The van der Waals surface area contributed by atoms with Gasteiger partial charge in [-0.3, -0.25) is 0 Å². The summed E-state index contributed by atoms with van der Waals surface area (Å²) in [6.45, 7) is 10.5. The third kappa shape index (κ3) is 7.06. The molecule has 0 rings (SSSR count). The van der Waals surface area contributed by atoms with Crippen LogP contribution in [0.3, 0.4) is 0 Å². The Morgan fingerprint density at radius 1 is 1.50 bits per heavy atom. The first kappa shape index (κ1) is 14.7. The van der Waals surface area contributed by atoms with Crippen LogP contribution in [0.15, 0.2) is 0 Å². The zero-order chi connectivity index (χ0) is 11.4. The van der Waals surface area contributed by atoms with Gasteiger partial charge in [0.15, 0.2) is 0 Å². The molecule has 0 aliphatic heterocycles. The molecule has 0 aromatic carbocycles. The normalized spacial score (nSPS) is 20.8. The van der Waals surface area contributed by atoms with Crippen LogP contribution in [-0.4, -0.2) is 29.5 Å². The molecular formula is C9H24O2SSi2. The predicted octanol–water partition coefficient (Wildman–Crippen LogP) is 1.88. The van der Waals surface area contributed by atoms with Gasteiger partial charge < -0.3 is 8.85 Å². The van der Waals surface area contributed by atoms with Crippen molar-refractivity contribution in [3.05, 3.63) is 0 Å². The molecule has 0 amide bonds. The molecule has 5 heteroatoms. The summed E-state index contributed by atoms with van der Waals surface area (Å²) in [7, 11) is -1.08. The maximum atomic E-state index is 6.02. The number of hydrogen-bond donors (Lipinski definition) is 1. The zero-order valence-electron chi connectivity index (χ0n) is 10.3. The monoisotopic (exact) mass is 252 g/mol. The van der Waals surface area contributed by atoms with E-state index in [1.165, 1.54) is 0 Å². The van der Waals surface area contributed by atoms with Gasteiger partial charge in [0.1, 0.15) is 0 Å². The minimum absolute atomic E-state index is 0.246. The molecule has 0 radical (unpaired) electrons. The lowest BCUT2D eigenvalue weighted by Gasteiger charge is -2.35. The van der Waals surface area contributed by atoms with Gasteiger partial charge in [-0.25, -0.2) is 0 Å². The van der Waals surface area contributed by atoms with E-state index in [0.717, 1.165) is 22.7 Å². The second-order valence-electron chi connectivity index (χ2n) is 4.60. The van der Waals surface area contributed by atoms with Crippen molar-refractivity contribution in [2.24, 2.45) is 0 Å². The Morgan fingerprint density at radius 2 is 2.00 bits per heavy atom. The SMILES string of the molecule is CCC[Si](C)(OC(C)C)OC(C)([SiH3])S. The minimum atomic E-state index is -1.99. The van der Waals surface area contributed by atoms with E-state index in [1.807, 2.05) is 6.92 Å². The van der Waals surface area contributed by atoms with Crippen LogP contribution >= 0.6 is 12.6 Å². The molecule has 86 valence electrons. The van der Waals surface area contributed by atoms with Crippen LogP contribution in [0.2, 0.25) is 12.6 Å². The lowest BCUT2D eigenvalue weighted by atomic mass is 10.5. The summed E-state index contributed by atoms with van der Waals surface area (Å²) in [5.74, 6) is 0. The predicted molar refractivity (Wildman–Crippen MR) is 71.4 cm³/mol. The molecule has 0 aliphatic carbocycles. The highest BCUT2D eigenvalue weighted by atomic mass is 32.1. The molecule has 2 nitrogen and oxygen atoms in total. The third-order valence-corrected chi connectivity index (χ3v) is 5.85. The van der Waals surface area contributed by atoms with Gasteiger partial charge in [0, 0.05) is 6.10 Å². The van der Waals surface area contributed by atoms with Gasteiger partial charge in [-0.05, 0) is 33.4 Å². The molecule has 0 aliphatic rings. The maximum absolute atomic E-state index is 6.02. The molecule has 0 bridgehead atoms. The van der Waals surface area contributed by atoms with Crippen LogP contribution < -0.4 is 0 Å². The second-order valence-corrected chi connectivity index (χ2v) is 11.6. The van der Waals surface area contributed by atoms with Gasteiger partial charge in [-0.2, -0.15) is 12.6 Å². The largest absolute Gasteiger partial charge is 0.392 e. The number of hydrogen-bond acceptors (Lipinski definition) is 3. The molecule has 0 aromatic heterocycles. The van der Waals surface area contributed by atoms with Crippen LogP contribution in [-0.2, 0) is 8.85 Å². The molecule has 0 saturated carbocycles. The smallest absolute Gasteiger partial charge is 0.335 e. The highest BCUT2D eigenvalue weighted by Gasteiger charge is 2.36. The summed E-state index contributed by atoms with van der Waals surface area (Å²) in [6.07, 6.45) is 1.36. The Hall–Kier alpha value is 0.704. The van der Waals surface area contributed by atoms with Crippen molar-refractivity contribution in [3.63, 3.8) is 0 Å². The standard InChI is InChI=1S/C9H24O2SSi2/c1-6-7-14(5,10-8(2)3)11-9(4,12)13/h8,12H,6-7H2,1-5,13H3. The molecule has 0 aromatic rings. The fourth-order valence-corrected chi connectivity index (χ4v) is 6.72. The van der Waals surface area contributed by atoms with Crippen molar-refractivity contribution >= 4 is 31.4 Å². The highest BCUT2D eigenvalue weighted by molar-refractivity contribution is 7.83. The Morgan fingerprint density at radius 3 is 2.29 bits per heavy atom. The molecule has 0 heterocycles. The van der Waals surface area contributed by atoms with Crippen LogP contribution in [0.4, 0.5) is 0 Å². The zero-order valence-corrected chi connectivity index (χ0v) is 14.1. The molecule has 2 unspecified atom stereocenters. The fraction of sp³-hybridized carbons (Fsp3) is 1.00. The van der Waals surface area contributed by atoms with E-state index in [9.17, 15) is 0 Å². The van der Waals surface area contributed by atoms with E-state index >= 15 is 0 Å². The number of rotatable bonds is 6. The Kier molecular flexibility index (Phi) is 5.98. The van der Waals surface area contributed by atoms with E-state index in [-0.39, 0.29) is 10.7 Å². The summed E-state index contributed by atoms with van der Waals surface area (Å²) in [6, 6.07) is 1.05. The molecular weight excluding hydrogens is 228 g/mol. The maximum Gasteiger partial charge on any atom is 0.335 e. The number of thiol groups is 1. The summed E-state index contributed by atoms with van der Waals surface area (Å²) < 4.78 is 11.7. The fourth-order valence-electron chi connectivity index (χ4n) is 1.62. The quantitative estimate of drug-likeness (QED) is 0.442. The summed E-state index contributed by atoms with van der Waals surface area (Å²) in [4.78, 5) is 0. The first-order chi connectivity index (χ1) is 6.18. The van der Waals surface area contributed by atoms with Gasteiger partial charge in [0.05, 0.1) is 14.8 Å². The van der Waals surface area contributed by atoms with Crippen molar-refractivity contribution in [1.29, 1.82) is 0 Å². The summed E-state index contributed by atoms with van der Waals surface area (Å²) >= 11 is 4.46. The average molecular weight is 253 g/mol. The first-order valence-corrected chi connectivity index (χ1v) is 9.26. The topological polar surface area (TPSA) is 18.5 Å². The molecule has 2 atom stereocenters. The van der Waals surface area contributed by atoms with Crippen molar-refractivity contribution < 1.29 is 8.85 Å². The van der Waals surface area contributed by atoms with Crippen molar-refractivity contribution in [3.8, 4) is 0 Å². The lowest BCUT2D eigenvalue weighted by molar-refractivity contribution is 0.119. The van der Waals surface area contributed by atoms with Crippen LogP contribution in [0.1, 0.15) is 34.1 Å². The Bertz CT molecular complexity index is 171. The van der Waals surface area contributed by atoms with Crippen molar-refractivity contribution in [2.75, 3.05) is 0 Å². The third-order valence-electron chi connectivity index (χ3n) is 1.65. The van der Waals surface area contributed by atoms with Gasteiger partial charge in [-0.15, -0.1) is 0 Å². The molecule has 0 fully saturated rings. The molecule has 14 heavy (non-hydrogen) atoms. The average Bonchev–Trinajstić information content (AvgIpc) is 1.78. The van der Waals surface area contributed by atoms with Gasteiger partial charge in [0.25, 0.3) is 0 Å². The molecule has 0 saturated heterocycles. The van der Waals surface area contributed by atoms with E-state index in [2.05, 4.69) is 39.9 Å². The first-order valence-electron chi connectivity index (χ1n) is 5.29. The van der Waals surface area contributed by atoms with Crippen molar-refractivity contribution in [1.82, 2.24) is 0 Å². The van der Waals surface area contributed by atoms with Gasteiger partial charge >= 0.3 is 8.56 Å². The minimum Gasteiger partial charge on any atom is -0.392 e. The van der Waals surface area contributed by atoms with Crippen LogP contribution in [0.25, 0.3) is 0 Å². The van der Waals surface area contributed by atoms with E-state index in [4.69, 9.17) is 8.85 Å². The Balaban J connectivity index is 4.38. The molecule has 0 N–H and O–H groups in total. The van der Waals surface area contributed by atoms with Crippen molar-refractivity contribution in [2.45, 2.75) is 57.4 Å².